The predicted octanol–water partition coefficient (Wildman–Crippen LogP) is 3.25. The lowest BCUT2D eigenvalue weighted by atomic mass is 9.85. The molecule has 1 aliphatic carbocycles. The smallest absolute Gasteiger partial charge is 0.256 e. The quantitative estimate of drug-likeness (QED) is 0.844. The van der Waals surface area contributed by atoms with Crippen LogP contribution in [0.1, 0.15) is 44.2 Å². The minimum absolute atomic E-state index is 0.275. The molecule has 4 heteroatoms. The first kappa shape index (κ1) is 16.8. The number of benzene rings is 1. The van der Waals surface area contributed by atoms with Crippen LogP contribution >= 0.6 is 0 Å². The summed E-state index contributed by atoms with van der Waals surface area (Å²) in [5.41, 5.74) is 2.24. The summed E-state index contributed by atoms with van der Waals surface area (Å²) in [6.45, 7) is 10.2. The fraction of sp³-hybridized carbons (Fsp3) is 0.619. The zero-order valence-electron chi connectivity index (χ0n) is 15.7. The molecule has 2 fully saturated rings. The summed E-state index contributed by atoms with van der Waals surface area (Å²) in [7, 11) is 0. The van der Waals surface area contributed by atoms with Crippen LogP contribution in [0.3, 0.4) is 0 Å². The van der Waals surface area contributed by atoms with E-state index in [9.17, 15) is 4.79 Å². The van der Waals surface area contributed by atoms with Crippen molar-refractivity contribution in [3.05, 3.63) is 35.4 Å². The van der Waals surface area contributed by atoms with Gasteiger partial charge in [0.05, 0.1) is 0 Å². The molecule has 0 radical (unpaired) electrons. The molecular formula is C21H29N3O. The molecule has 0 N–H and O–H groups in total. The van der Waals surface area contributed by atoms with Gasteiger partial charge in [-0.05, 0) is 38.2 Å². The summed E-state index contributed by atoms with van der Waals surface area (Å²) in [5, 5.41) is 0. The van der Waals surface area contributed by atoms with E-state index in [1.807, 2.05) is 4.90 Å². The highest BCUT2D eigenvalue weighted by atomic mass is 16.2. The van der Waals surface area contributed by atoms with E-state index < -0.39 is 5.54 Å². The van der Waals surface area contributed by atoms with Crippen molar-refractivity contribution in [2.24, 2.45) is 16.8 Å². The van der Waals surface area contributed by atoms with Gasteiger partial charge in [-0.15, -0.1) is 0 Å². The van der Waals surface area contributed by atoms with Crippen LogP contribution in [-0.2, 0) is 11.3 Å². The van der Waals surface area contributed by atoms with Crippen molar-refractivity contribution in [2.75, 3.05) is 19.6 Å². The fourth-order valence-electron chi connectivity index (χ4n) is 5.27. The maximum atomic E-state index is 13.2. The second-order valence-electron chi connectivity index (χ2n) is 7.94. The molecule has 1 saturated heterocycles. The molecule has 1 aromatic carbocycles. The second kappa shape index (κ2) is 6.24. The van der Waals surface area contributed by atoms with Gasteiger partial charge in [-0.25, -0.2) is 0 Å². The van der Waals surface area contributed by atoms with E-state index in [2.05, 4.69) is 49.9 Å². The van der Waals surface area contributed by atoms with E-state index >= 15 is 0 Å². The van der Waals surface area contributed by atoms with Crippen molar-refractivity contribution < 1.29 is 4.79 Å². The maximum absolute atomic E-state index is 13.2. The first-order valence-corrected chi connectivity index (χ1v) is 9.76. The van der Waals surface area contributed by atoms with Crippen LogP contribution in [0.4, 0.5) is 0 Å². The van der Waals surface area contributed by atoms with E-state index in [0.29, 0.717) is 11.8 Å². The van der Waals surface area contributed by atoms with Crippen molar-refractivity contribution in [2.45, 2.75) is 52.1 Å². The number of aryl methyl sites for hydroxylation is 1. The zero-order chi connectivity index (χ0) is 17.6. The Kier molecular flexibility index (Phi) is 4.19. The molecule has 3 aliphatic rings. The molecule has 25 heavy (non-hydrogen) atoms. The third-order valence-corrected chi connectivity index (χ3v) is 6.40. The molecule has 1 spiro atoms. The molecule has 0 bridgehead atoms. The number of rotatable bonds is 4. The standard InChI is InChI=1S/C21H29N3O/c1-4-19-22-21(20(25)24(19)5-2)10-9-17-13-23(14-18(17)21)12-16-8-6-7-15(3)11-16/h6-8,11,17-18H,4-5,9-10,12-14H2,1-3H3/t17-,18+,21-/m0/s1. The van der Waals surface area contributed by atoms with E-state index in [-0.39, 0.29) is 5.91 Å². The van der Waals surface area contributed by atoms with Gasteiger partial charge in [0.15, 0.2) is 0 Å². The SMILES string of the molecule is CCC1=N[C@]2(CC[C@H]3CN(Cc4cccc(C)c4)C[C@H]32)C(=O)N1CC. The molecule has 0 aromatic heterocycles. The van der Waals surface area contributed by atoms with Gasteiger partial charge in [0.1, 0.15) is 11.4 Å². The normalized spacial score (nSPS) is 31.9. The molecule has 1 amide bonds. The molecular weight excluding hydrogens is 310 g/mol. The summed E-state index contributed by atoms with van der Waals surface area (Å²) in [5.74, 6) is 2.29. The van der Waals surface area contributed by atoms with Crippen LogP contribution in [-0.4, -0.2) is 46.7 Å². The Morgan fingerprint density at radius 1 is 1.28 bits per heavy atom. The third-order valence-electron chi connectivity index (χ3n) is 6.40. The molecule has 0 unspecified atom stereocenters. The number of likely N-dealkylation sites (N-methyl/N-ethyl adjacent to an activating group) is 1. The number of nitrogens with zero attached hydrogens (tertiary/aromatic N) is 3. The Morgan fingerprint density at radius 3 is 2.80 bits per heavy atom. The van der Waals surface area contributed by atoms with Crippen molar-refractivity contribution in [3.63, 3.8) is 0 Å². The fourth-order valence-corrected chi connectivity index (χ4v) is 5.27. The van der Waals surface area contributed by atoms with Gasteiger partial charge in [-0.1, -0.05) is 36.8 Å². The molecule has 4 rings (SSSR count). The highest BCUT2D eigenvalue weighted by Gasteiger charge is 2.60. The maximum Gasteiger partial charge on any atom is 0.256 e. The number of amides is 1. The highest BCUT2D eigenvalue weighted by molar-refractivity contribution is 6.08. The first-order chi connectivity index (χ1) is 12.1. The lowest BCUT2D eigenvalue weighted by molar-refractivity contribution is -0.132. The second-order valence-corrected chi connectivity index (χ2v) is 7.94. The zero-order valence-corrected chi connectivity index (χ0v) is 15.7. The van der Waals surface area contributed by atoms with Crippen molar-refractivity contribution >= 4 is 11.7 Å². The number of amidine groups is 1. The van der Waals surface area contributed by atoms with Crippen molar-refractivity contribution in [1.82, 2.24) is 9.80 Å². The van der Waals surface area contributed by atoms with Gasteiger partial charge in [-0.3, -0.25) is 19.6 Å². The van der Waals surface area contributed by atoms with Crippen molar-refractivity contribution in [3.8, 4) is 0 Å². The van der Waals surface area contributed by atoms with Gasteiger partial charge in [0.2, 0.25) is 0 Å². The van der Waals surface area contributed by atoms with Gasteiger partial charge in [-0.2, -0.15) is 0 Å². The van der Waals surface area contributed by atoms with Gasteiger partial charge < -0.3 is 0 Å². The monoisotopic (exact) mass is 339 g/mol. The molecule has 1 aromatic rings. The Bertz CT molecular complexity index is 713. The van der Waals surface area contributed by atoms with E-state index in [1.54, 1.807) is 0 Å². The summed E-state index contributed by atoms with van der Waals surface area (Å²) in [6.07, 6.45) is 2.93. The number of fused-ring (bicyclic) bond motifs is 2. The summed E-state index contributed by atoms with van der Waals surface area (Å²) in [4.78, 5) is 22.7. The molecule has 4 nitrogen and oxygen atoms in total. The van der Waals surface area contributed by atoms with E-state index in [4.69, 9.17) is 4.99 Å². The molecule has 1 saturated carbocycles. The minimum atomic E-state index is -0.451. The summed E-state index contributed by atoms with van der Waals surface area (Å²) < 4.78 is 0. The molecule has 134 valence electrons. The predicted molar refractivity (Wildman–Crippen MR) is 101 cm³/mol. The van der Waals surface area contributed by atoms with Gasteiger partial charge in [0, 0.05) is 38.5 Å². The van der Waals surface area contributed by atoms with Gasteiger partial charge >= 0.3 is 0 Å². The Balaban J connectivity index is 1.54. The van der Waals surface area contributed by atoms with E-state index in [1.165, 1.54) is 11.1 Å². The van der Waals surface area contributed by atoms with Crippen LogP contribution in [0.25, 0.3) is 0 Å². The number of carbonyl (C=O) groups excluding carboxylic acids is 1. The third kappa shape index (κ3) is 2.62. The van der Waals surface area contributed by atoms with Crippen molar-refractivity contribution in [1.29, 1.82) is 0 Å². The Morgan fingerprint density at radius 2 is 2.12 bits per heavy atom. The lowest BCUT2D eigenvalue weighted by Gasteiger charge is -2.28. The van der Waals surface area contributed by atoms with Gasteiger partial charge in [0.25, 0.3) is 5.91 Å². The highest BCUT2D eigenvalue weighted by Crippen LogP contribution is 2.50. The topological polar surface area (TPSA) is 35.9 Å². The van der Waals surface area contributed by atoms with Crippen LogP contribution in [0.2, 0.25) is 0 Å². The van der Waals surface area contributed by atoms with Crippen LogP contribution < -0.4 is 0 Å². The average Bonchev–Trinajstić information content (AvgIpc) is 3.22. The Hall–Kier alpha value is -1.68. The molecule has 2 aliphatic heterocycles. The summed E-state index contributed by atoms with van der Waals surface area (Å²) >= 11 is 0. The number of hydrogen-bond donors (Lipinski definition) is 0. The minimum Gasteiger partial charge on any atom is -0.299 e. The number of carbonyl (C=O) groups is 1. The van der Waals surface area contributed by atoms with E-state index in [0.717, 1.165) is 51.3 Å². The molecule has 2 heterocycles. The number of aliphatic imine (C=N–C) groups is 1. The largest absolute Gasteiger partial charge is 0.299 e. The Labute approximate surface area is 150 Å². The van der Waals surface area contributed by atoms with Crippen LogP contribution in [0.15, 0.2) is 29.3 Å². The molecule has 3 atom stereocenters. The van der Waals surface area contributed by atoms with Crippen LogP contribution in [0.5, 0.6) is 0 Å². The first-order valence-electron chi connectivity index (χ1n) is 9.76. The van der Waals surface area contributed by atoms with Crippen LogP contribution in [0, 0.1) is 18.8 Å². The number of hydrogen-bond acceptors (Lipinski definition) is 3. The lowest BCUT2D eigenvalue weighted by Crippen LogP contribution is -2.46. The average molecular weight is 339 g/mol. The number of likely N-dealkylation sites (tertiary alicyclic amines) is 1. The summed E-state index contributed by atoms with van der Waals surface area (Å²) in [6, 6.07) is 8.77.